The highest BCUT2D eigenvalue weighted by atomic mass is 16.7. The van der Waals surface area contributed by atoms with E-state index in [-0.39, 0.29) is 30.4 Å². The molecule has 1 aliphatic heterocycles. The van der Waals surface area contributed by atoms with Gasteiger partial charge >= 0.3 is 0 Å². The van der Waals surface area contributed by atoms with E-state index in [1.54, 1.807) is 0 Å². The van der Waals surface area contributed by atoms with Crippen molar-refractivity contribution in [2.75, 3.05) is 53.2 Å². The quantitative estimate of drug-likeness (QED) is 0.103. The minimum Gasteiger partial charge on any atom is -0.397 e. The number of carbonyl (C=O) groups is 1. The van der Waals surface area contributed by atoms with Gasteiger partial charge in [0.1, 0.15) is 0 Å². The van der Waals surface area contributed by atoms with Gasteiger partial charge in [0, 0.05) is 45.0 Å². The van der Waals surface area contributed by atoms with Crippen molar-refractivity contribution in [3.8, 4) is 0 Å². The van der Waals surface area contributed by atoms with Crippen molar-refractivity contribution in [1.82, 2.24) is 16.0 Å². The third-order valence-electron chi connectivity index (χ3n) is 7.87. The summed E-state index contributed by atoms with van der Waals surface area (Å²) in [5, 5.41) is 9.29. The summed E-state index contributed by atoms with van der Waals surface area (Å²) in [6, 6.07) is 8.28. The fraction of sp³-hybridized carbons (Fsp3) is 0.735. The molecule has 1 saturated heterocycles. The molecule has 1 aromatic rings. The predicted octanol–water partition coefficient (Wildman–Crippen LogP) is 3.82. The van der Waals surface area contributed by atoms with Gasteiger partial charge in [-0.2, -0.15) is 0 Å². The molecule has 1 fully saturated rings. The van der Waals surface area contributed by atoms with Crippen LogP contribution in [0.5, 0.6) is 0 Å². The number of likely N-dealkylation sites (N-methyl/N-ethyl adjacent to an activating group) is 1. The van der Waals surface area contributed by atoms with E-state index in [0.717, 1.165) is 82.8 Å². The normalized spacial score (nSPS) is 19.5. The van der Waals surface area contributed by atoms with Crippen molar-refractivity contribution in [2.24, 2.45) is 11.5 Å². The van der Waals surface area contributed by atoms with Crippen molar-refractivity contribution in [3.63, 3.8) is 0 Å². The lowest BCUT2D eigenvalue weighted by atomic mass is 10.0. The molecule has 0 saturated carbocycles. The first kappa shape index (κ1) is 38.0. The first-order chi connectivity index (χ1) is 21.5. The van der Waals surface area contributed by atoms with E-state index in [0.29, 0.717) is 45.2 Å². The zero-order valence-electron chi connectivity index (χ0n) is 27.6. The Hall–Kier alpha value is -2.21. The van der Waals surface area contributed by atoms with Crippen molar-refractivity contribution in [3.05, 3.63) is 41.6 Å². The average molecular weight is 620 g/mol. The Kier molecular flexibility index (Phi) is 20.8. The standard InChI is InChI=1S/C34H61N5O5/c1-4-6-8-11-32(37-3)34(40)39-18-23-42-20-10-7-9-19-41-22-17-38-26-31(36)28-14-12-27(13-15-28)16-21-43-33-25-29(35)24-30(5-2)44-33/h12-15,26,29-30,32-33,37-38H,4-11,16-25,35-36H2,1-3H3,(H,39,40)/b31-26-. The number of ether oxygens (including phenoxy) is 4. The molecule has 0 aliphatic carbocycles. The van der Waals surface area contributed by atoms with Gasteiger partial charge in [-0.05, 0) is 63.1 Å². The lowest BCUT2D eigenvalue weighted by Crippen LogP contribution is -2.43. The molecule has 1 amide bonds. The highest BCUT2D eigenvalue weighted by Gasteiger charge is 2.26. The van der Waals surface area contributed by atoms with Crippen LogP contribution in [0, 0.1) is 0 Å². The Labute approximate surface area is 266 Å². The summed E-state index contributed by atoms with van der Waals surface area (Å²) in [7, 11) is 1.84. The molecule has 2 rings (SSSR count). The van der Waals surface area contributed by atoms with Gasteiger partial charge in [0.2, 0.25) is 5.91 Å². The molecule has 1 heterocycles. The molecular weight excluding hydrogens is 558 g/mol. The molecule has 10 heteroatoms. The lowest BCUT2D eigenvalue weighted by Gasteiger charge is -2.33. The van der Waals surface area contributed by atoms with Crippen molar-refractivity contribution in [2.45, 2.75) is 109 Å². The Morgan fingerprint density at radius 1 is 0.977 bits per heavy atom. The SMILES string of the molecule is CCCCCC(NC)C(=O)NCCOCCCCCOCCN/C=C(\N)c1ccc(CCOC2CC(N)CC(CC)O2)cc1. The maximum absolute atomic E-state index is 12.2. The van der Waals surface area contributed by atoms with Gasteiger partial charge in [-0.3, -0.25) is 4.79 Å². The van der Waals surface area contributed by atoms with Gasteiger partial charge in [0.05, 0.1) is 37.7 Å². The number of nitrogens with two attached hydrogens (primary N) is 2. The molecule has 0 radical (unpaired) electrons. The lowest BCUT2D eigenvalue weighted by molar-refractivity contribution is -0.197. The van der Waals surface area contributed by atoms with Gasteiger partial charge in [-0.25, -0.2) is 0 Å². The monoisotopic (exact) mass is 619 g/mol. The molecule has 0 aromatic heterocycles. The maximum atomic E-state index is 12.2. The van der Waals surface area contributed by atoms with E-state index in [2.05, 4.69) is 41.9 Å². The van der Waals surface area contributed by atoms with E-state index < -0.39 is 0 Å². The molecular formula is C34H61N5O5. The summed E-state index contributed by atoms with van der Waals surface area (Å²) in [5.74, 6) is 0.0606. The first-order valence-corrected chi connectivity index (χ1v) is 16.9. The summed E-state index contributed by atoms with van der Waals surface area (Å²) in [6.45, 7) is 8.73. The van der Waals surface area contributed by atoms with Crippen LogP contribution in [0.4, 0.5) is 0 Å². The number of hydrogen-bond donors (Lipinski definition) is 5. The molecule has 7 N–H and O–H groups in total. The van der Waals surface area contributed by atoms with Gasteiger partial charge < -0.3 is 46.4 Å². The second kappa shape index (κ2) is 24.1. The minimum atomic E-state index is -0.203. The van der Waals surface area contributed by atoms with Crippen LogP contribution < -0.4 is 27.4 Å². The summed E-state index contributed by atoms with van der Waals surface area (Å²) < 4.78 is 23.3. The zero-order valence-corrected chi connectivity index (χ0v) is 27.6. The summed E-state index contributed by atoms with van der Waals surface area (Å²) in [6.07, 6.45) is 12.6. The highest BCUT2D eigenvalue weighted by Crippen LogP contribution is 2.21. The number of carbonyl (C=O) groups excluding carboxylic acids is 1. The number of unbranched alkanes of at least 4 members (excludes halogenated alkanes) is 4. The third kappa shape index (κ3) is 16.7. The van der Waals surface area contributed by atoms with Crippen molar-refractivity contribution < 1.29 is 23.7 Å². The number of amides is 1. The van der Waals surface area contributed by atoms with Crippen molar-refractivity contribution in [1.29, 1.82) is 0 Å². The number of nitrogens with one attached hydrogen (secondary N) is 3. The number of rotatable bonds is 25. The van der Waals surface area contributed by atoms with Gasteiger partial charge in [0.25, 0.3) is 0 Å². The molecule has 0 spiro atoms. The van der Waals surface area contributed by atoms with Crippen LogP contribution in [-0.4, -0.2) is 83.6 Å². The van der Waals surface area contributed by atoms with Crippen molar-refractivity contribution >= 4 is 11.6 Å². The van der Waals surface area contributed by atoms with Crippen LogP contribution in [0.3, 0.4) is 0 Å². The zero-order chi connectivity index (χ0) is 31.8. The first-order valence-electron chi connectivity index (χ1n) is 16.9. The van der Waals surface area contributed by atoms with Crippen LogP contribution in [0.15, 0.2) is 30.5 Å². The predicted molar refractivity (Wildman–Crippen MR) is 178 cm³/mol. The van der Waals surface area contributed by atoms with E-state index in [4.69, 9.17) is 30.4 Å². The second-order valence-electron chi connectivity index (χ2n) is 11.6. The van der Waals surface area contributed by atoms with E-state index in [1.165, 1.54) is 5.56 Å². The second-order valence-corrected chi connectivity index (χ2v) is 11.6. The largest absolute Gasteiger partial charge is 0.397 e. The van der Waals surface area contributed by atoms with Crippen LogP contribution in [0.1, 0.15) is 89.2 Å². The average Bonchev–Trinajstić information content (AvgIpc) is 3.03. The molecule has 4 unspecified atom stereocenters. The molecule has 252 valence electrons. The Bertz CT molecular complexity index is 901. The van der Waals surface area contributed by atoms with E-state index in [9.17, 15) is 4.79 Å². The number of benzene rings is 1. The summed E-state index contributed by atoms with van der Waals surface area (Å²) in [5.41, 5.74) is 15.2. The third-order valence-corrected chi connectivity index (χ3v) is 7.87. The maximum Gasteiger partial charge on any atom is 0.237 e. The van der Waals surface area contributed by atoms with Gasteiger partial charge in [-0.15, -0.1) is 0 Å². The molecule has 4 atom stereocenters. The minimum absolute atomic E-state index is 0.0606. The number of hydrogen-bond acceptors (Lipinski definition) is 9. The van der Waals surface area contributed by atoms with Crippen LogP contribution in [0.2, 0.25) is 0 Å². The van der Waals surface area contributed by atoms with E-state index in [1.807, 2.05) is 25.4 Å². The molecule has 44 heavy (non-hydrogen) atoms. The Morgan fingerprint density at radius 2 is 1.70 bits per heavy atom. The molecule has 1 aliphatic rings. The van der Waals surface area contributed by atoms with Crippen LogP contribution >= 0.6 is 0 Å². The topological polar surface area (TPSA) is 142 Å². The molecule has 10 nitrogen and oxygen atoms in total. The van der Waals surface area contributed by atoms with E-state index >= 15 is 0 Å². The smallest absolute Gasteiger partial charge is 0.237 e. The van der Waals surface area contributed by atoms with Gasteiger partial charge in [0.15, 0.2) is 6.29 Å². The Morgan fingerprint density at radius 3 is 2.39 bits per heavy atom. The summed E-state index contributed by atoms with van der Waals surface area (Å²) >= 11 is 0. The molecule has 0 bridgehead atoms. The highest BCUT2D eigenvalue weighted by molar-refractivity contribution is 5.81. The summed E-state index contributed by atoms with van der Waals surface area (Å²) in [4.78, 5) is 12.2. The van der Waals surface area contributed by atoms with Crippen LogP contribution in [0.25, 0.3) is 5.70 Å². The molecule has 1 aromatic carbocycles. The fourth-order valence-electron chi connectivity index (χ4n) is 5.11. The fourth-order valence-corrected chi connectivity index (χ4v) is 5.11. The Balaban J connectivity index is 1.43. The van der Waals surface area contributed by atoms with Gasteiger partial charge in [-0.1, -0.05) is 57.4 Å². The van der Waals surface area contributed by atoms with Crippen LogP contribution in [-0.2, 0) is 30.2 Å².